The van der Waals surface area contributed by atoms with Crippen molar-refractivity contribution in [3.8, 4) is 0 Å². The lowest BCUT2D eigenvalue weighted by molar-refractivity contribution is -0.235. The van der Waals surface area contributed by atoms with Gasteiger partial charge >= 0.3 is 6.18 Å². The number of halogens is 3. The van der Waals surface area contributed by atoms with Crippen LogP contribution in [0.1, 0.15) is 19.8 Å². The summed E-state index contributed by atoms with van der Waals surface area (Å²) >= 11 is 0. The third kappa shape index (κ3) is 0.972. The average Bonchev–Trinajstić information content (AvgIpc) is 2.53. The Bertz CT molecular complexity index is 226. The molecule has 0 amide bonds. The molecule has 0 radical (unpaired) electrons. The Kier molecular flexibility index (Phi) is 1.70. The van der Waals surface area contributed by atoms with E-state index in [1.165, 1.54) is 6.92 Å². The molecule has 2 nitrogen and oxygen atoms in total. The average molecular weight is 195 g/mol. The number of alkyl halides is 3. The van der Waals surface area contributed by atoms with Crippen LogP contribution in [0.3, 0.4) is 0 Å². The predicted octanol–water partition coefficient (Wildman–Crippen LogP) is 1.44. The van der Waals surface area contributed by atoms with Gasteiger partial charge in [-0.15, -0.1) is 0 Å². The highest BCUT2D eigenvalue weighted by molar-refractivity contribution is 5.10. The van der Waals surface area contributed by atoms with Crippen LogP contribution >= 0.6 is 0 Å². The number of hydrogen-bond donors (Lipinski definition) is 1. The first-order valence-corrected chi connectivity index (χ1v) is 4.35. The van der Waals surface area contributed by atoms with E-state index < -0.39 is 29.8 Å². The van der Waals surface area contributed by atoms with Crippen LogP contribution in [0.4, 0.5) is 13.2 Å². The molecule has 2 bridgehead atoms. The van der Waals surface area contributed by atoms with Gasteiger partial charge in [0.05, 0.1) is 12.2 Å². The van der Waals surface area contributed by atoms with Crippen molar-refractivity contribution in [1.29, 1.82) is 0 Å². The maximum atomic E-state index is 12.7. The molecular formula is C8H12F3NO. The van der Waals surface area contributed by atoms with E-state index in [-0.39, 0.29) is 0 Å². The van der Waals surface area contributed by atoms with Gasteiger partial charge in [-0.3, -0.25) is 0 Å². The largest absolute Gasteiger partial charge is 0.398 e. The summed E-state index contributed by atoms with van der Waals surface area (Å²) in [4.78, 5) is 0. The van der Waals surface area contributed by atoms with Crippen LogP contribution in [0.5, 0.6) is 0 Å². The second-order valence-electron chi connectivity index (χ2n) is 4.05. The molecule has 13 heavy (non-hydrogen) atoms. The Morgan fingerprint density at radius 1 is 1.38 bits per heavy atom. The minimum absolute atomic E-state index is 0.392. The van der Waals surface area contributed by atoms with Gasteiger partial charge in [0.25, 0.3) is 0 Å². The van der Waals surface area contributed by atoms with Gasteiger partial charge in [-0.25, -0.2) is 0 Å². The number of ether oxygens (including phenoxy) is 1. The lowest BCUT2D eigenvalue weighted by Crippen LogP contribution is -2.56. The molecule has 2 rings (SSSR count). The van der Waals surface area contributed by atoms with Gasteiger partial charge in [0.15, 0.2) is 0 Å². The highest BCUT2D eigenvalue weighted by atomic mass is 19.4. The van der Waals surface area contributed by atoms with E-state index in [1.54, 1.807) is 0 Å². The first-order chi connectivity index (χ1) is 5.87. The predicted molar refractivity (Wildman–Crippen MR) is 40.0 cm³/mol. The van der Waals surface area contributed by atoms with Crippen LogP contribution in [0.2, 0.25) is 0 Å². The second kappa shape index (κ2) is 2.39. The first-order valence-electron chi connectivity index (χ1n) is 4.35. The van der Waals surface area contributed by atoms with Crippen molar-refractivity contribution in [2.45, 2.75) is 44.2 Å². The SMILES string of the molecule is CC1(C(F)(F)F)C2CCC(O2)C1N. The molecule has 2 fully saturated rings. The van der Waals surface area contributed by atoms with Crippen molar-refractivity contribution in [1.82, 2.24) is 0 Å². The maximum Gasteiger partial charge on any atom is 0.398 e. The Morgan fingerprint density at radius 2 is 2.00 bits per heavy atom. The Morgan fingerprint density at radius 3 is 2.31 bits per heavy atom. The molecule has 76 valence electrons. The Hall–Kier alpha value is -0.290. The van der Waals surface area contributed by atoms with E-state index in [2.05, 4.69) is 0 Å². The molecule has 0 aliphatic carbocycles. The van der Waals surface area contributed by atoms with Crippen LogP contribution < -0.4 is 5.73 Å². The summed E-state index contributed by atoms with van der Waals surface area (Å²) in [6, 6.07) is -0.897. The summed E-state index contributed by atoms with van der Waals surface area (Å²) in [6.45, 7) is 1.17. The second-order valence-corrected chi connectivity index (χ2v) is 4.05. The van der Waals surface area contributed by atoms with Gasteiger partial charge in [0.2, 0.25) is 0 Å². The topological polar surface area (TPSA) is 35.2 Å². The lowest BCUT2D eigenvalue weighted by atomic mass is 9.71. The smallest absolute Gasteiger partial charge is 0.372 e. The van der Waals surface area contributed by atoms with E-state index in [9.17, 15) is 13.2 Å². The molecule has 5 heteroatoms. The third-order valence-corrected chi connectivity index (χ3v) is 3.43. The summed E-state index contributed by atoms with van der Waals surface area (Å²) in [7, 11) is 0. The highest BCUT2D eigenvalue weighted by Gasteiger charge is 2.68. The maximum absolute atomic E-state index is 12.7. The van der Waals surface area contributed by atoms with Crippen LogP contribution in [0.15, 0.2) is 0 Å². The molecule has 2 N–H and O–H groups in total. The van der Waals surface area contributed by atoms with E-state index in [4.69, 9.17) is 10.5 Å². The van der Waals surface area contributed by atoms with Gasteiger partial charge in [-0.05, 0) is 19.8 Å². The summed E-state index contributed by atoms with van der Waals surface area (Å²) in [5.41, 5.74) is 3.70. The quantitative estimate of drug-likeness (QED) is 0.634. The summed E-state index contributed by atoms with van der Waals surface area (Å²) in [6.07, 6.45) is -4.23. The fraction of sp³-hybridized carbons (Fsp3) is 1.00. The first kappa shape index (κ1) is 9.27. The molecule has 0 aromatic heterocycles. The third-order valence-electron chi connectivity index (χ3n) is 3.43. The Balaban J connectivity index is 2.33. The molecule has 2 aliphatic rings. The zero-order valence-electron chi connectivity index (χ0n) is 7.27. The van der Waals surface area contributed by atoms with E-state index >= 15 is 0 Å². The molecule has 4 atom stereocenters. The van der Waals surface area contributed by atoms with Crippen molar-refractivity contribution < 1.29 is 17.9 Å². The van der Waals surface area contributed by atoms with Crippen LogP contribution in [-0.2, 0) is 4.74 Å². The van der Waals surface area contributed by atoms with Crippen molar-refractivity contribution in [3.05, 3.63) is 0 Å². The van der Waals surface area contributed by atoms with Crippen molar-refractivity contribution >= 4 is 0 Å². The summed E-state index contributed by atoms with van der Waals surface area (Å²) in [5.74, 6) is 0. The molecule has 0 spiro atoms. The molecule has 2 aliphatic heterocycles. The van der Waals surface area contributed by atoms with Crippen molar-refractivity contribution in [2.24, 2.45) is 11.1 Å². The molecule has 0 aromatic rings. The monoisotopic (exact) mass is 195 g/mol. The highest BCUT2D eigenvalue weighted by Crippen LogP contribution is 2.55. The number of hydrogen-bond acceptors (Lipinski definition) is 2. The van der Waals surface area contributed by atoms with E-state index in [0.717, 1.165) is 0 Å². The molecular weight excluding hydrogens is 183 g/mol. The minimum Gasteiger partial charge on any atom is -0.372 e. The Labute approximate surface area is 74.2 Å². The molecule has 2 saturated heterocycles. The molecule has 2 heterocycles. The van der Waals surface area contributed by atoms with Crippen molar-refractivity contribution in [3.63, 3.8) is 0 Å². The molecule has 4 unspecified atom stereocenters. The zero-order valence-corrected chi connectivity index (χ0v) is 7.27. The molecule has 0 saturated carbocycles. The van der Waals surface area contributed by atoms with E-state index in [0.29, 0.717) is 12.8 Å². The van der Waals surface area contributed by atoms with Crippen LogP contribution in [0.25, 0.3) is 0 Å². The van der Waals surface area contributed by atoms with Gasteiger partial charge in [0.1, 0.15) is 5.41 Å². The molecule has 0 aromatic carbocycles. The van der Waals surface area contributed by atoms with Gasteiger partial charge < -0.3 is 10.5 Å². The number of nitrogens with two attached hydrogens (primary N) is 1. The normalized spacial score (nSPS) is 50.1. The van der Waals surface area contributed by atoms with Gasteiger partial charge in [0, 0.05) is 6.04 Å². The summed E-state index contributed by atoms with van der Waals surface area (Å²) in [5, 5.41) is 0. The fourth-order valence-corrected chi connectivity index (χ4v) is 2.34. The van der Waals surface area contributed by atoms with Gasteiger partial charge in [-0.2, -0.15) is 13.2 Å². The van der Waals surface area contributed by atoms with Crippen LogP contribution in [-0.4, -0.2) is 24.4 Å². The summed E-state index contributed by atoms with van der Waals surface area (Å²) < 4.78 is 43.3. The standard InChI is InChI=1S/C8H12F3NO/c1-7(8(9,10)11)5-3-2-4(13-5)6(7)12/h4-6H,2-3,12H2,1H3. The van der Waals surface area contributed by atoms with E-state index in [1.807, 2.05) is 0 Å². The minimum atomic E-state index is -4.26. The number of rotatable bonds is 0. The zero-order chi connectivity index (χ0) is 9.85. The van der Waals surface area contributed by atoms with Crippen LogP contribution in [0, 0.1) is 5.41 Å². The fourth-order valence-electron chi connectivity index (χ4n) is 2.34. The van der Waals surface area contributed by atoms with Crippen molar-refractivity contribution in [2.75, 3.05) is 0 Å². The van der Waals surface area contributed by atoms with Gasteiger partial charge in [-0.1, -0.05) is 0 Å². The number of fused-ring (bicyclic) bond motifs is 2. The lowest BCUT2D eigenvalue weighted by Gasteiger charge is -2.37.